The molecule has 0 fully saturated rings. The topological polar surface area (TPSA) is 3.24 Å². The Morgan fingerprint density at radius 2 is 0.984 bits per heavy atom. The van der Waals surface area contributed by atoms with Gasteiger partial charge in [-0.1, -0.05) is 221 Å². The van der Waals surface area contributed by atoms with E-state index in [2.05, 4.69) is 245 Å². The zero-order valence-corrected chi connectivity index (χ0v) is 36.4. The van der Waals surface area contributed by atoms with Crippen LogP contribution in [0.1, 0.15) is 59.7 Å². The lowest BCUT2D eigenvalue weighted by atomic mass is 9.70. The first kappa shape index (κ1) is 38.0. The fraction of sp³-hybridized carbons (Fsp3) is 0.0794. The summed E-state index contributed by atoms with van der Waals surface area (Å²) in [4.78, 5) is 2.60. The molecular formula is C63H47N. The van der Waals surface area contributed by atoms with E-state index in [0.29, 0.717) is 0 Å². The Labute approximate surface area is 376 Å². The number of hydrogen-bond acceptors (Lipinski definition) is 1. The van der Waals surface area contributed by atoms with E-state index in [1.807, 2.05) is 6.08 Å². The third kappa shape index (κ3) is 5.13. The summed E-state index contributed by atoms with van der Waals surface area (Å²) in [5, 5.41) is 2.50. The van der Waals surface area contributed by atoms with Crippen molar-refractivity contribution in [2.45, 2.75) is 31.6 Å². The molecule has 304 valence electrons. The van der Waals surface area contributed by atoms with E-state index in [0.717, 1.165) is 16.9 Å². The lowest BCUT2D eigenvalue weighted by Gasteiger charge is -2.34. The van der Waals surface area contributed by atoms with Gasteiger partial charge in [0, 0.05) is 21.9 Å². The van der Waals surface area contributed by atoms with Crippen LogP contribution < -0.4 is 4.90 Å². The summed E-state index contributed by atoms with van der Waals surface area (Å²) in [6.45, 7) is 11.0. The molecule has 1 heteroatoms. The number of nitrogens with zero attached hydrogens (tertiary/aromatic N) is 1. The van der Waals surface area contributed by atoms with Crippen LogP contribution in [0.5, 0.6) is 0 Å². The number of rotatable bonds is 7. The second-order valence-corrected chi connectivity index (χ2v) is 17.9. The second-order valence-electron chi connectivity index (χ2n) is 17.9. The first-order valence-corrected chi connectivity index (χ1v) is 22.5. The predicted octanol–water partition coefficient (Wildman–Crippen LogP) is 16.8. The van der Waals surface area contributed by atoms with Crippen LogP contribution in [-0.2, 0) is 10.8 Å². The highest BCUT2D eigenvalue weighted by Gasteiger charge is 2.53. The highest BCUT2D eigenvalue weighted by atomic mass is 15.2. The van der Waals surface area contributed by atoms with Crippen LogP contribution in [0.2, 0.25) is 0 Å². The maximum atomic E-state index is 4.12. The van der Waals surface area contributed by atoms with Gasteiger partial charge in [-0.25, -0.2) is 0 Å². The van der Waals surface area contributed by atoms with Gasteiger partial charge in [0.05, 0.1) is 22.5 Å². The van der Waals surface area contributed by atoms with E-state index < -0.39 is 5.41 Å². The van der Waals surface area contributed by atoms with Gasteiger partial charge in [0.25, 0.3) is 0 Å². The number of hydrogen-bond donors (Lipinski definition) is 0. The molecule has 1 spiro atoms. The predicted molar refractivity (Wildman–Crippen MR) is 271 cm³/mol. The molecule has 0 heterocycles. The maximum Gasteiger partial charge on any atom is 0.0726 e. The molecule has 12 rings (SSSR count). The number of anilines is 3. The Bertz CT molecular complexity index is 3450. The molecule has 1 nitrogen and oxygen atoms in total. The summed E-state index contributed by atoms with van der Waals surface area (Å²) in [7, 11) is 0. The lowest BCUT2D eigenvalue weighted by Crippen LogP contribution is -2.26. The lowest BCUT2D eigenvalue weighted by molar-refractivity contribution is 0.661. The molecule has 0 bridgehead atoms. The molecule has 0 saturated heterocycles. The Balaban J connectivity index is 1.21. The molecule has 1 atom stereocenters. The Hall–Kier alpha value is -7.74. The molecule has 0 aromatic heterocycles. The summed E-state index contributed by atoms with van der Waals surface area (Å²) in [6.07, 6.45) is 8.38. The van der Waals surface area contributed by atoms with Crippen LogP contribution in [0.4, 0.5) is 17.1 Å². The van der Waals surface area contributed by atoms with E-state index in [1.165, 1.54) is 99.9 Å². The SMILES string of the molecule is C=C/C=C(\C=C/C)c1cccc2c1-c1ccccc1C21c2ccccc2-c2c(N(c3ccccc3-c3ccccc3)c3cc4c(c5ccccc35)-c3ccccc3C4(C)C)cccc21. The Morgan fingerprint density at radius 3 is 1.69 bits per heavy atom. The van der Waals surface area contributed by atoms with Crippen LogP contribution in [0.15, 0.2) is 225 Å². The summed E-state index contributed by atoms with van der Waals surface area (Å²) in [5.41, 5.74) is 23.2. The van der Waals surface area contributed by atoms with Gasteiger partial charge in [-0.3, -0.25) is 0 Å². The van der Waals surface area contributed by atoms with Crippen molar-refractivity contribution in [3.8, 4) is 44.5 Å². The van der Waals surface area contributed by atoms with Crippen molar-refractivity contribution >= 4 is 33.4 Å². The minimum atomic E-state index is -0.548. The van der Waals surface area contributed by atoms with E-state index >= 15 is 0 Å². The van der Waals surface area contributed by atoms with Gasteiger partial charge in [-0.15, -0.1) is 0 Å². The van der Waals surface area contributed by atoms with Crippen molar-refractivity contribution in [2.75, 3.05) is 4.90 Å². The fourth-order valence-corrected chi connectivity index (χ4v) is 11.8. The quantitative estimate of drug-likeness (QED) is 0.145. The molecular weight excluding hydrogens is 771 g/mol. The van der Waals surface area contributed by atoms with E-state index in [1.54, 1.807) is 0 Å². The molecule has 9 aromatic carbocycles. The van der Waals surface area contributed by atoms with Gasteiger partial charge in [-0.05, 0) is 108 Å². The van der Waals surface area contributed by atoms with Gasteiger partial charge in [0.1, 0.15) is 0 Å². The average molecular weight is 818 g/mol. The van der Waals surface area contributed by atoms with Crippen LogP contribution in [0, 0.1) is 0 Å². The summed E-state index contributed by atoms with van der Waals surface area (Å²) >= 11 is 0. The minimum Gasteiger partial charge on any atom is -0.309 e. The fourth-order valence-electron chi connectivity index (χ4n) is 11.8. The number of benzene rings is 9. The molecule has 0 aliphatic heterocycles. The Morgan fingerprint density at radius 1 is 0.453 bits per heavy atom. The average Bonchev–Trinajstić information content (AvgIpc) is 3.91. The van der Waals surface area contributed by atoms with Crippen molar-refractivity contribution < 1.29 is 0 Å². The first-order valence-electron chi connectivity index (χ1n) is 22.5. The molecule has 3 aliphatic carbocycles. The minimum absolute atomic E-state index is 0.203. The summed E-state index contributed by atoms with van der Waals surface area (Å²) in [5.74, 6) is 0. The largest absolute Gasteiger partial charge is 0.309 e. The molecule has 0 N–H and O–H groups in total. The van der Waals surface area contributed by atoms with Crippen LogP contribution in [-0.4, -0.2) is 0 Å². The maximum absolute atomic E-state index is 4.12. The molecule has 9 aromatic rings. The van der Waals surface area contributed by atoms with E-state index in [-0.39, 0.29) is 5.41 Å². The van der Waals surface area contributed by atoms with Crippen molar-refractivity contribution in [3.63, 3.8) is 0 Å². The van der Waals surface area contributed by atoms with Crippen LogP contribution in [0.3, 0.4) is 0 Å². The van der Waals surface area contributed by atoms with Gasteiger partial charge < -0.3 is 4.90 Å². The van der Waals surface area contributed by atoms with Crippen molar-refractivity contribution in [1.29, 1.82) is 0 Å². The highest BCUT2D eigenvalue weighted by molar-refractivity contribution is 6.12. The monoisotopic (exact) mass is 817 g/mol. The van der Waals surface area contributed by atoms with Crippen molar-refractivity contribution in [3.05, 3.63) is 264 Å². The normalized spacial score (nSPS) is 16.0. The third-order valence-corrected chi connectivity index (χ3v) is 14.3. The second kappa shape index (κ2) is 14.4. The molecule has 0 amide bonds. The molecule has 1 unspecified atom stereocenters. The number of allylic oxidation sites excluding steroid dienone is 5. The first-order chi connectivity index (χ1) is 31.5. The molecule has 0 radical (unpaired) electrons. The van der Waals surface area contributed by atoms with Gasteiger partial charge in [0.2, 0.25) is 0 Å². The standard InChI is InChI=1S/C63H47N/c1-5-22-41(23-6-2)44-32-20-36-53-59(44)48-30-13-17-34-51(48)63(53)52-35-18-14-31-49(52)61-54(63)37-21-39-57(61)64(56-38-19-15-26-43(56)42-24-8-7-9-25-42)58-40-55-60(46-28-11-10-27-45(46)58)47-29-12-16-33-50(47)62(55,3)4/h5-40H,1H2,2-4H3/b23-6-,41-22+. The molecule has 3 aliphatic rings. The van der Waals surface area contributed by atoms with Gasteiger partial charge in [-0.2, -0.15) is 0 Å². The van der Waals surface area contributed by atoms with Gasteiger partial charge >= 0.3 is 0 Å². The van der Waals surface area contributed by atoms with E-state index in [4.69, 9.17) is 0 Å². The summed E-state index contributed by atoms with van der Waals surface area (Å²) < 4.78 is 0. The van der Waals surface area contributed by atoms with Crippen molar-refractivity contribution in [2.24, 2.45) is 0 Å². The van der Waals surface area contributed by atoms with Crippen molar-refractivity contribution in [1.82, 2.24) is 0 Å². The Kier molecular flexibility index (Phi) is 8.55. The smallest absolute Gasteiger partial charge is 0.0726 e. The number of para-hydroxylation sites is 1. The van der Waals surface area contributed by atoms with Gasteiger partial charge in [0.15, 0.2) is 0 Å². The van der Waals surface area contributed by atoms with Crippen LogP contribution >= 0.6 is 0 Å². The van der Waals surface area contributed by atoms with E-state index in [9.17, 15) is 0 Å². The summed E-state index contributed by atoms with van der Waals surface area (Å²) in [6, 6.07) is 72.8. The zero-order valence-electron chi connectivity index (χ0n) is 36.4. The third-order valence-electron chi connectivity index (χ3n) is 14.3. The highest BCUT2D eigenvalue weighted by Crippen LogP contribution is 2.66. The molecule has 64 heavy (non-hydrogen) atoms. The molecule has 0 saturated carbocycles. The zero-order chi connectivity index (χ0) is 43.2. The number of fused-ring (bicyclic) bond motifs is 15. The van der Waals surface area contributed by atoms with Crippen LogP contribution in [0.25, 0.3) is 60.9 Å².